The fraction of sp³-hybridized carbons (Fsp3) is 0.324. The molecule has 1 aromatic heterocycles. The Bertz CT molecular complexity index is 1950. The maximum absolute atomic E-state index is 15.7. The number of halogens is 1. The molecular formula is C37H39FN6O7. The lowest BCUT2D eigenvalue weighted by atomic mass is 10.0. The summed E-state index contributed by atoms with van der Waals surface area (Å²) in [6.45, 7) is 4.04. The van der Waals surface area contributed by atoms with Crippen molar-refractivity contribution in [2.45, 2.75) is 63.8 Å². The molecule has 3 aromatic carbocycles. The summed E-state index contributed by atoms with van der Waals surface area (Å²) in [5.74, 6) is -1.81. The molecule has 2 unspecified atom stereocenters. The van der Waals surface area contributed by atoms with Crippen molar-refractivity contribution in [3.8, 4) is 11.3 Å². The van der Waals surface area contributed by atoms with E-state index in [0.29, 0.717) is 60.2 Å². The van der Waals surface area contributed by atoms with Crippen molar-refractivity contribution in [3.63, 3.8) is 0 Å². The van der Waals surface area contributed by atoms with E-state index in [1.165, 1.54) is 11.0 Å². The summed E-state index contributed by atoms with van der Waals surface area (Å²) in [5, 5.41) is 17.8. The summed E-state index contributed by atoms with van der Waals surface area (Å²) >= 11 is 0. The number of fused-ring (bicyclic) bond motifs is 1. The summed E-state index contributed by atoms with van der Waals surface area (Å²) in [4.78, 5) is 69.7. The van der Waals surface area contributed by atoms with Crippen molar-refractivity contribution in [2.75, 3.05) is 23.7 Å². The molecule has 2 fully saturated rings. The number of rotatable bonds is 9. The number of carboxylic acid groups (broad SMARTS) is 1. The Morgan fingerprint density at radius 2 is 1.45 bits per heavy atom. The van der Waals surface area contributed by atoms with Crippen molar-refractivity contribution in [1.29, 1.82) is 0 Å². The monoisotopic (exact) mass is 698 g/mol. The Morgan fingerprint density at radius 3 is 2.10 bits per heavy atom. The van der Waals surface area contributed by atoms with Crippen molar-refractivity contribution in [1.82, 2.24) is 20.1 Å². The standard InChI is InChI=1S/C37H39FN6O7/c1-21(2)51-36(48)42-32(22-8-4-3-5-9-22)35(47)43-18-6-10-28(43)33(45)39-24-14-12-23(13-15-24)31-30(38)26-20-25(16-17-27(26)41-31)40-34(46)29-11-7-19-44(29)37(49)50/h3-5,8-9,12-17,20-21,28-29,32,41H,6-7,10-11,18-19H2,1-2H3,(H,39,45)(H,40,46)(H,42,48)(H,49,50)/t28?,29-,32?/m0/s1. The van der Waals surface area contributed by atoms with Gasteiger partial charge in [0.05, 0.1) is 11.8 Å². The fourth-order valence-electron chi connectivity index (χ4n) is 6.64. The van der Waals surface area contributed by atoms with E-state index in [0.717, 1.165) is 4.90 Å². The van der Waals surface area contributed by atoms with Gasteiger partial charge in [0.2, 0.25) is 11.8 Å². The number of ether oxygens (including phenoxy) is 1. The summed E-state index contributed by atoms with van der Waals surface area (Å²) in [6.07, 6.45) is -0.228. The number of aromatic amines is 1. The van der Waals surface area contributed by atoms with E-state index in [-0.39, 0.29) is 29.6 Å². The third kappa shape index (κ3) is 7.64. The van der Waals surface area contributed by atoms with Crippen molar-refractivity contribution in [2.24, 2.45) is 0 Å². The Hall–Kier alpha value is -5.92. The molecule has 51 heavy (non-hydrogen) atoms. The largest absolute Gasteiger partial charge is 0.465 e. The average molecular weight is 699 g/mol. The minimum absolute atomic E-state index is 0.210. The van der Waals surface area contributed by atoms with Gasteiger partial charge in [0.15, 0.2) is 5.82 Å². The molecule has 0 saturated carbocycles. The van der Waals surface area contributed by atoms with Gasteiger partial charge in [-0.1, -0.05) is 42.5 Å². The van der Waals surface area contributed by atoms with Gasteiger partial charge >= 0.3 is 12.2 Å². The van der Waals surface area contributed by atoms with Gasteiger partial charge in [-0.2, -0.15) is 0 Å². The smallest absolute Gasteiger partial charge is 0.408 e. The minimum Gasteiger partial charge on any atom is -0.465 e. The summed E-state index contributed by atoms with van der Waals surface area (Å²) in [7, 11) is 0. The molecule has 14 heteroatoms. The zero-order valence-electron chi connectivity index (χ0n) is 28.1. The van der Waals surface area contributed by atoms with Gasteiger partial charge in [0.25, 0.3) is 5.91 Å². The zero-order valence-corrected chi connectivity index (χ0v) is 28.1. The number of anilines is 2. The van der Waals surface area contributed by atoms with Crippen LogP contribution in [0.4, 0.5) is 25.4 Å². The number of nitrogens with zero attached hydrogens (tertiary/aromatic N) is 2. The number of carbonyl (C=O) groups excluding carboxylic acids is 4. The lowest BCUT2D eigenvalue weighted by Crippen LogP contribution is -2.48. The van der Waals surface area contributed by atoms with Crippen LogP contribution in [0.3, 0.4) is 0 Å². The Kier molecular flexibility index (Phi) is 10.2. The normalized spacial score (nSPS) is 17.7. The van der Waals surface area contributed by atoms with Gasteiger partial charge in [-0.15, -0.1) is 0 Å². The van der Waals surface area contributed by atoms with Crippen LogP contribution in [0.5, 0.6) is 0 Å². The van der Waals surface area contributed by atoms with Crippen LogP contribution in [-0.2, 0) is 19.1 Å². The van der Waals surface area contributed by atoms with Crippen molar-refractivity contribution < 1.29 is 38.2 Å². The second-order valence-corrected chi connectivity index (χ2v) is 12.9. The number of nitrogens with one attached hydrogen (secondary N) is 4. The molecule has 3 heterocycles. The van der Waals surface area contributed by atoms with E-state index in [9.17, 15) is 29.1 Å². The topological polar surface area (TPSA) is 173 Å². The molecule has 3 atom stereocenters. The van der Waals surface area contributed by atoms with Crippen LogP contribution in [0.15, 0.2) is 72.8 Å². The molecule has 4 aromatic rings. The van der Waals surface area contributed by atoms with Crippen LogP contribution in [-0.4, -0.2) is 81.1 Å². The first-order valence-corrected chi connectivity index (χ1v) is 16.9. The summed E-state index contributed by atoms with van der Waals surface area (Å²) in [5.41, 5.74) is 2.57. The molecule has 5 N–H and O–H groups in total. The first kappa shape index (κ1) is 34.9. The molecule has 0 aliphatic carbocycles. The molecule has 13 nitrogen and oxygen atoms in total. The number of H-pyrrole nitrogens is 1. The van der Waals surface area contributed by atoms with E-state index in [1.807, 2.05) is 0 Å². The van der Waals surface area contributed by atoms with Crippen LogP contribution < -0.4 is 16.0 Å². The van der Waals surface area contributed by atoms with Crippen LogP contribution in [0.2, 0.25) is 0 Å². The molecule has 0 spiro atoms. The second-order valence-electron chi connectivity index (χ2n) is 12.9. The number of hydrogen-bond acceptors (Lipinski definition) is 6. The summed E-state index contributed by atoms with van der Waals surface area (Å²) in [6, 6.07) is 17.5. The van der Waals surface area contributed by atoms with E-state index in [1.54, 1.807) is 80.6 Å². The Morgan fingerprint density at radius 1 is 0.843 bits per heavy atom. The van der Waals surface area contributed by atoms with E-state index >= 15 is 4.39 Å². The first-order valence-electron chi connectivity index (χ1n) is 16.9. The molecule has 0 radical (unpaired) electrons. The Labute approximate surface area is 293 Å². The number of aromatic nitrogens is 1. The molecule has 2 aliphatic heterocycles. The highest BCUT2D eigenvalue weighted by atomic mass is 19.1. The highest BCUT2D eigenvalue weighted by Gasteiger charge is 2.39. The van der Waals surface area contributed by atoms with Gasteiger partial charge in [0.1, 0.15) is 18.1 Å². The molecule has 266 valence electrons. The third-order valence-corrected chi connectivity index (χ3v) is 9.07. The summed E-state index contributed by atoms with van der Waals surface area (Å²) < 4.78 is 20.9. The number of carbonyl (C=O) groups is 5. The number of likely N-dealkylation sites (tertiary alicyclic amines) is 2. The quantitative estimate of drug-likeness (QED) is 0.146. The predicted molar refractivity (Wildman–Crippen MR) is 187 cm³/mol. The average Bonchev–Trinajstić information content (AvgIpc) is 3.87. The minimum atomic E-state index is -1.15. The number of amides is 5. The number of benzene rings is 3. The zero-order chi connectivity index (χ0) is 36.2. The molecule has 6 rings (SSSR count). The van der Waals surface area contributed by atoms with E-state index in [2.05, 4.69) is 20.9 Å². The van der Waals surface area contributed by atoms with Crippen LogP contribution in [0.25, 0.3) is 22.2 Å². The second kappa shape index (κ2) is 14.9. The highest BCUT2D eigenvalue weighted by Crippen LogP contribution is 2.32. The fourth-order valence-corrected chi connectivity index (χ4v) is 6.64. The molecule has 0 bridgehead atoms. The molecular weight excluding hydrogens is 659 g/mol. The Balaban J connectivity index is 1.13. The maximum atomic E-state index is 15.7. The lowest BCUT2D eigenvalue weighted by Gasteiger charge is -2.29. The van der Waals surface area contributed by atoms with Gasteiger partial charge in [0, 0.05) is 40.9 Å². The number of hydrogen-bond donors (Lipinski definition) is 5. The highest BCUT2D eigenvalue weighted by molar-refractivity contribution is 6.00. The SMILES string of the molecule is CC(C)OC(=O)NC(C(=O)N1CCCC1C(=O)Nc1ccc(-c2[nH]c3ccc(NC(=O)[C@@H]4CCCN4C(=O)O)cc3c2F)cc1)c1ccccc1. The molecule has 2 aliphatic rings. The first-order chi connectivity index (χ1) is 24.5. The van der Waals surface area contributed by atoms with Crippen LogP contribution in [0.1, 0.15) is 51.1 Å². The van der Waals surface area contributed by atoms with Crippen molar-refractivity contribution >= 4 is 52.2 Å². The lowest BCUT2D eigenvalue weighted by molar-refractivity contribution is -0.138. The van der Waals surface area contributed by atoms with Gasteiger partial charge in [-0.25, -0.2) is 14.0 Å². The molecule has 2 saturated heterocycles. The van der Waals surface area contributed by atoms with Crippen LogP contribution in [0, 0.1) is 5.82 Å². The molecule has 5 amide bonds. The van der Waals surface area contributed by atoms with E-state index in [4.69, 9.17) is 4.74 Å². The van der Waals surface area contributed by atoms with Gasteiger partial charge in [-0.3, -0.25) is 19.3 Å². The maximum Gasteiger partial charge on any atom is 0.408 e. The predicted octanol–water partition coefficient (Wildman–Crippen LogP) is 5.86. The van der Waals surface area contributed by atoms with Gasteiger partial charge in [-0.05, 0) is 75.4 Å². The van der Waals surface area contributed by atoms with Crippen LogP contribution >= 0.6 is 0 Å². The van der Waals surface area contributed by atoms with E-state index < -0.39 is 47.9 Å². The van der Waals surface area contributed by atoms with Crippen molar-refractivity contribution in [3.05, 3.63) is 84.2 Å². The third-order valence-electron chi connectivity index (χ3n) is 9.07. The number of alkyl carbamates (subject to hydrolysis) is 1. The van der Waals surface area contributed by atoms with Gasteiger partial charge < -0.3 is 35.7 Å².